The maximum atomic E-state index is 6.13. The van der Waals surface area contributed by atoms with E-state index >= 15 is 0 Å². The van der Waals surface area contributed by atoms with Crippen LogP contribution in [-0.2, 0) is 17.8 Å². The average molecular weight is 435 g/mol. The summed E-state index contributed by atoms with van der Waals surface area (Å²) in [5.41, 5.74) is 2.34. The molecule has 0 bridgehead atoms. The number of halogens is 2. The van der Waals surface area contributed by atoms with Gasteiger partial charge in [-0.05, 0) is 36.1 Å². The highest BCUT2D eigenvalue weighted by Crippen LogP contribution is 2.35. The van der Waals surface area contributed by atoms with Crippen LogP contribution in [0.15, 0.2) is 58.5 Å². The van der Waals surface area contributed by atoms with E-state index in [9.17, 15) is 0 Å². The molecular weight excluding hydrogens is 411 g/mol. The van der Waals surface area contributed by atoms with Crippen LogP contribution in [0, 0.1) is 0 Å². The first-order chi connectivity index (χ1) is 13.5. The zero-order valence-corrected chi connectivity index (χ0v) is 18.4. The molecule has 0 fully saturated rings. The second-order valence-corrected chi connectivity index (χ2v) is 8.84. The van der Waals surface area contributed by atoms with Crippen molar-refractivity contribution in [2.24, 2.45) is 0 Å². The molecular formula is C22H24Cl2N2OS. The number of imidazole rings is 1. The summed E-state index contributed by atoms with van der Waals surface area (Å²) < 4.78 is 5.77. The second-order valence-electron chi connectivity index (χ2n) is 6.91. The summed E-state index contributed by atoms with van der Waals surface area (Å²) >= 11 is 13.8. The Morgan fingerprint density at radius 3 is 2.46 bits per heavy atom. The Hall–Kier alpha value is -1.46. The quantitative estimate of drug-likeness (QED) is 0.363. The molecule has 3 aromatic rings. The van der Waals surface area contributed by atoms with Gasteiger partial charge >= 0.3 is 0 Å². The lowest BCUT2D eigenvalue weighted by molar-refractivity contribution is 0.118. The minimum absolute atomic E-state index is 0.354. The molecule has 0 aliphatic carbocycles. The number of hydrogen-bond donors (Lipinski definition) is 1. The van der Waals surface area contributed by atoms with Crippen molar-refractivity contribution in [2.75, 3.05) is 6.61 Å². The van der Waals surface area contributed by atoms with Crippen LogP contribution in [-0.4, -0.2) is 16.6 Å². The number of nitrogens with one attached hydrogen (secondary N) is 1. The Labute approximate surface area is 180 Å². The normalized spacial score (nSPS) is 11.3. The van der Waals surface area contributed by atoms with Gasteiger partial charge in [0, 0.05) is 28.0 Å². The molecule has 3 rings (SSSR count). The van der Waals surface area contributed by atoms with Crippen molar-refractivity contribution < 1.29 is 4.74 Å². The number of aryl methyl sites for hydroxylation is 1. The summed E-state index contributed by atoms with van der Waals surface area (Å²) in [6.45, 7) is 5.68. The Balaban J connectivity index is 1.57. The van der Waals surface area contributed by atoms with Crippen LogP contribution in [0.2, 0.25) is 10.0 Å². The van der Waals surface area contributed by atoms with Gasteiger partial charge < -0.3 is 9.72 Å². The summed E-state index contributed by atoms with van der Waals surface area (Å²) in [6.07, 6.45) is 1.77. The van der Waals surface area contributed by atoms with Gasteiger partial charge in [-0.1, -0.05) is 79.1 Å². The van der Waals surface area contributed by atoms with Gasteiger partial charge in [0.25, 0.3) is 0 Å². The standard InChI is InChI=1S/C22H24Cl2N2OS/c1-15(2)21-22(28-19-12-17(23)11-18(24)13-19)26-20(25-21)9-6-10-27-14-16-7-4-3-5-8-16/h3-5,7-8,11-13,15H,6,9-10,14H2,1-2H3,(H,25,26). The predicted octanol–water partition coefficient (Wildman–Crippen LogP) is 7.14. The van der Waals surface area contributed by atoms with Crippen LogP contribution in [0.25, 0.3) is 0 Å². The number of ether oxygens (including phenoxy) is 1. The fourth-order valence-electron chi connectivity index (χ4n) is 2.81. The second kappa shape index (κ2) is 10.4. The van der Waals surface area contributed by atoms with Crippen molar-refractivity contribution >= 4 is 35.0 Å². The van der Waals surface area contributed by atoms with Crippen LogP contribution >= 0.6 is 35.0 Å². The Bertz CT molecular complexity index is 877. The van der Waals surface area contributed by atoms with Crippen LogP contribution in [0.4, 0.5) is 0 Å². The van der Waals surface area contributed by atoms with Crippen molar-refractivity contribution in [1.82, 2.24) is 9.97 Å². The maximum absolute atomic E-state index is 6.13. The molecule has 0 saturated heterocycles. The lowest BCUT2D eigenvalue weighted by atomic mass is 10.2. The summed E-state index contributed by atoms with van der Waals surface area (Å²) in [6, 6.07) is 15.8. The Morgan fingerprint density at radius 2 is 1.79 bits per heavy atom. The highest BCUT2D eigenvalue weighted by atomic mass is 35.5. The summed E-state index contributed by atoms with van der Waals surface area (Å²) in [4.78, 5) is 9.28. The highest BCUT2D eigenvalue weighted by molar-refractivity contribution is 7.99. The highest BCUT2D eigenvalue weighted by Gasteiger charge is 2.15. The number of rotatable bonds is 9. The van der Waals surface area contributed by atoms with E-state index in [1.807, 2.05) is 30.3 Å². The molecule has 28 heavy (non-hydrogen) atoms. The summed E-state index contributed by atoms with van der Waals surface area (Å²) in [5, 5.41) is 2.24. The molecule has 0 radical (unpaired) electrons. The van der Waals surface area contributed by atoms with E-state index in [4.69, 9.17) is 32.9 Å². The molecule has 0 atom stereocenters. The molecule has 1 heterocycles. The van der Waals surface area contributed by atoms with E-state index in [2.05, 4.69) is 31.0 Å². The monoisotopic (exact) mass is 434 g/mol. The third-order valence-corrected chi connectivity index (χ3v) is 5.60. The van der Waals surface area contributed by atoms with E-state index in [1.165, 1.54) is 5.56 Å². The number of nitrogens with zero attached hydrogens (tertiary/aromatic N) is 1. The lowest BCUT2D eigenvalue weighted by Gasteiger charge is -2.06. The van der Waals surface area contributed by atoms with Gasteiger partial charge in [0.05, 0.1) is 12.3 Å². The van der Waals surface area contributed by atoms with Gasteiger partial charge in [0.1, 0.15) is 10.9 Å². The van der Waals surface area contributed by atoms with Crippen LogP contribution in [0.5, 0.6) is 0 Å². The van der Waals surface area contributed by atoms with Gasteiger partial charge in [-0.15, -0.1) is 0 Å². The van der Waals surface area contributed by atoms with Crippen LogP contribution in [0.1, 0.15) is 43.3 Å². The van der Waals surface area contributed by atoms with Gasteiger partial charge in [0.2, 0.25) is 0 Å². The largest absolute Gasteiger partial charge is 0.377 e. The molecule has 0 amide bonds. The van der Waals surface area contributed by atoms with Gasteiger partial charge in [-0.25, -0.2) is 4.98 Å². The third kappa shape index (κ3) is 6.28. The molecule has 1 N–H and O–H groups in total. The first-order valence-corrected chi connectivity index (χ1v) is 10.9. The smallest absolute Gasteiger partial charge is 0.122 e. The van der Waals surface area contributed by atoms with E-state index in [0.717, 1.165) is 34.3 Å². The molecule has 0 aliphatic rings. The summed E-state index contributed by atoms with van der Waals surface area (Å²) in [7, 11) is 0. The van der Waals surface area contributed by atoms with Crippen molar-refractivity contribution in [3.05, 3.63) is 75.7 Å². The minimum Gasteiger partial charge on any atom is -0.377 e. The zero-order valence-electron chi connectivity index (χ0n) is 16.0. The molecule has 0 spiro atoms. The number of hydrogen-bond acceptors (Lipinski definition) is 3. The fraction of sp³-hybridized carbons (Fsp3) is 0.318. The van der Waals surface area contributed by atoms with Gasteiger partial charge in [-0.2, -0.15) is 0 Å². The SMILES string of the molecule is CC(C)c1[nH]c(CCCOCc2ccccc2)nc1Sc1cc(Cl)cc(Cl)c1. The van der Waals surface area contributed by atoms with Gasteiger partial charge in [0.15, 0.2) is 0 Å². The molecule has 2 aromatic carbocycles. The molecule has 0 unspecified atom stereocenters. The zero-order chi connectivity index (χ0) is 19.9. The van der Waals surface area contributed by atoms with Gasteiger partial charge in [-0.3, -0.25) is 0 Å². The van der Waals surface area contributed by atoms with Crippen molar-refractivity contribution in [3.63, 3.8) is 0 Å². The van der Waals surface area contributed by atoms with E-state index in [-0.39, 0.29) is 0 Å². The predicted molar refractivity (Wildman–Crippen MR) is 118 cm³/mol. The number of H-pyrrole nitrogens is 1. The molecule has 6 heteroatoms. The molecule has 148 valence electrons. The van der Waals surface area contributed by atoms with E-state index in [1.54, 1.807) is 17.8 Å². The summed E-state index contributed by atoms with van der Waals surface area (Å²) in [5.74, 6) is 1.34. The average Bonchev–Trinajstić information content (AvgIpc) is 3.04. The van der Waals surface area contributed by atoms with Crippen molar-refractivity contribution in [2.45, 2.75) is 49.1 Å². The number of aromatic amines is 1. The number of benzene rings is 2. The third-order valence-electron chi connectivity index (χ3n) is 4.19. The number of aromatic nitrogens is 2. The van der Waals surface area contributed by atoms with Crippen LogP contribution < -0.4 is 0 Å². The lowest BCUT2D eigenvalue weighted by Crippen LogP contribution is -1.98. The molecule has 1 aromatic heterocycles. The Kier molecular flexibility index (Phi) is 7.86. The first-order valence-electron chi connectivity index (χ1n) is 9.35. The topological polar surface area (TPSA) is 37.9 Å². The fourth-order valence-corrected chi connectivity index (χ4v) is 4.62. The van der Waals surface area contributed by atoms with E-state index in [0.29, 0.717) is 29.2 Å². The Morgan fingerprint density at radius 1 is 1.07 bits per heavy atom. The van der Waals surface area contributed by atoms with Crippen LogP contribution in [0.3, 0.4) is 0 Å². The first kappa shape index (κ1) is 21.3. The molecule has 0 aliphatic heterocycles. The molecule has 0 saturated carbocycles. The maximum Gasteiger partial charge on any atom is 0.122 e. The van der Waals surface area contributed by atoms with E-state index < -0.39 is 0 Å². The molecule has 3 nitrogen and oxygen atoms in total. The van der Waals surface area contributed by atoms with Crippen molar-refractivity contribution in [3.8, 4) is 0 Å². The minimum atomic E-state index is 0.354. The van der Waals surface area contributed by atoms with Crippen molar-refractivity contribution in [1.29, 1.82) is 0 Å².